The summed E-state index contributed by atoms with van der Waals surface area (Å²) in [6.45, 7) is 4.26. The van der Waals surface area contributed by atoms with Gasteiger partial charge in [-0.2, -0.15) is 0 Å². The van der Waals surface area contributed by atoms with E-state index in [0.29, 0.717) is 23.1 Å². The minimum atomic E-state index is -0.348. The van der Waals surface area contributed by atoms with Gasteiger partial charge >= 0.3 is 0 Å². The van der Waals surface area contributed by atoms with Crippen molar-refractivity contribution in [3.8, 4) is 0 Å². The van der Waals surface area contributed by atoms with Crippen molar-refractivity contribution in [1.82, 2.24) is 0 Å². The molecule has 0 bridgehead atoms. The first-order valence-corrected chi connectivity index (χ1v) is 5.78. The van der Waals surface area contributed by atoms with Crippen LogP contribution in [0.4, 0.5) is 10.1 Å². The van der Waals surface area contributed by atoms with Crippen LogP contribution in [0.1, 0.15) is 6.42 Å². The monoisotopic (exact) mass is 283 g/mol. The van der Waals surface area contributed by atoms with Crippen molar-refractivity contribution in [2.45, 2.75) is 6.42 Å². The summed E-state index contributed by atoms with van der Waals surface area (Å²) in [5, 5.41) is 0. The molecule has 2 nitrogen and oxygen atoms in total. The Morgan fingerprint density at radius 3 is 2.81 bits per heavy atom. The van der Waals surface area contributed by atoms with Gasteiger partial charge in [0.1, 0.15) is 5.82 Å². The van der Waals surface area contributed by atoms with E-state index in [1.54, 1.807) is 17.0 Å². The van der Waals surface area contributed by atoms with E-state index in [-0.39, 0.29) is 17.6 Å². The first-order chi connectivity index (χ1) is 7.60. The van der Waals surface area contributed by atoms with Crippen LogP contribution in [-0.4, -0.2) is 12.5 Å². The molecule has 1 amide bonds. The van der Waals surface area contributed by atoms with Crippen LogP contribution in [0, 0.1) is 11.7 Å². The Balaban J connectivity index is 2.30. The molecule has 0 aliphatic carbocycles. The van der Waals surface area contributed by atoms with Crippen molar-refractivity contribution < 1.29 is 9.18 Å². The summed E-state index contributed by atoms with van der Waals surface area (Å²) in [6.07, 6.45) is 2.23. The van der Waals surface area contributed by atoms with Gasteiger partial charge in [0, 0.05) is 29.0 Å². The molecule has 4 heteroatoms. The van der Waals surface area contributed by atoms with Gasteiger partial charge in [-0.05, 0) is 18.2 Å². The van der Waals surface area contributed by atoms with E-state index in [9.17, 15) is 9.18 Å². The zero-order chi connectivity index (χ0) is 11.7. The van der Waals surface area contributed by atoms with Gasteiger partial charge in [0.05, 0.1) is 0 Å². The Morgan fingerprint density at radius 1 is 1.50 bits per heavy atom. The molecular formula is C12H11BrFNO. The van der Waals surface area contributed by atoms with Gasteiger partial charge in [0.2, 0.25) is 5.91 Å². The van der Waals surface area contributed by atoms with Crippen LogP contribution >= 0.6 is 15.9 Å². The van der Waals surface area contributed by atoms with Gasteiger partial charge in [-0.3, -0.25) is 4.79 Å². The Morgan fingerprint density at radius 2 is 2.25 bits per heavy atom. The number of amides is 1. The van der Waals surface area contributed by atoms with E-state index >= 15 is 0 Å². The summed E-state index contributed by atoms with van der Waals surface area (Å²) in [5.41, 5.74) is 0.598. The number of hydrogen-bond acceptors (Lipinski definition) is 1. The topological polar surface area (TPSA) is 20.3 Å². The highest BCUT2D eigenvalue weighted by atomic mass is 79.9. The number of hydrogen-bond donors (Lipinski definition) is 0. The molecule has 1 unspecified atom stereocenters. The maximum absolute atomic E-state index is 13.2. The van der Waals surface area contributed by atoms with Gasteiger partial charge in [-0.15, -0.1) is 6.58 Å². The first-order valence-electron chi connectivity index (χ1n) is 4.99. The summed E-state index contributed by atoms with van der Waals surface area (Å²) in [7, 11) is 0. The predicted octanol–water partition coefficient (Wildman–Crippen LogP) is 3.13. The summed E-state index contributed by atoms with van der Waals surface area (Å²) < 4.78 is 13.8. The third-order valence-electron chi connectivity index (χ3n) is 2.65. The molecule has 0 spiro atoms. The van der Waals surface area contributed by atoms with Gasteiger partial charge < -0.3 is 4.90 Å². The number of nitrogens with zero attached hydrogens (tertiary/aromatic N) is 1. The van der Waals surface area contributed by atoms with Crippen molar-refractivity contribution in [3.63, 3.8) is 0 Å². The van der Waals surface area contributed by atoms with Crippen molar-refractivity contribution in [2.75, 3.05) is 11.4 Å². The fourth-order valence-electron chi connectivity index (χ4n) is 1.84. The van der Waals surface area contributed by atoms with Crippen LogP contribution < -0.4 is 4.90 Å². The van der Waals surface area contributed by atoms with Gasteiger partial charge in [0.25, 0.3) is 0 Å². The fraction of sp³-hybridized carbons (Fsp3) is 0.250. The lowest BCUT2D eigenvalue weighted by Gasteiger charge is -2.16. The minimum Gasteiger partial charge on any atom is -0.312 e. The second-order valence-corrected chi connectivity index (χ2v) is 4.75. The number of benzene rings is 1. The van der Waals surface area contributed by atoms with Crippen molar-refractivity contribution in [2.24, 2.45) is 5.92 Å². The van der Waals surface area contributed by atoms with Gasteiger partial charge in [-0.25, -0.2) is 4.39 Å². The van der Waals surface area contributed by atoms with E-state index in [0.717, 1.165) is 0 Å². The Kier molecular flexibility index (Phi) is 3.10. The summed E-state index contributed by atoms with van der Waals surface area (Å²) in [6, 6.07) is 4.48. The average Bonchev–Trinajstić information content (AvgIpc) is 2.58. The quantitative estimate of drug-likeness (QED) is 0.764. The molecule has 16 heavy (non-hydrogen) atoms. The normalized spacial score (nSPS) is 20.2. The molecule has 2 rings (SSSR count). The largest absolute Gasteiger partial charge is 0.312 e. The molecular weight excluding hydrogens is 273 g/mol. The molecule has 1 aliphatic heterocycles. The molecule has 1 aliphatic rings. The third kappa shape index (κ3) is 2.16. The number of rotatable bonds is 2. The van der Waals surface area contributed by atoms with Crippen molar-refractivity contribution >= 4 is 27.5 Å². The average molecular weight is 284 g/mol. The summed E-state index contributed by atoms with van der Waals surface area (Å²) in [4.78, 5) is 13.3. The second-order valence-electron chi connectivity index (χ2n) is 3.83. The highest BCUT2D eigenvalue weighted by Crippen LogP contribution is 2.28. The van der Waals surface area contributed by atoms with Crippen molar-refractivity contribution in [1.29, 1.82) is 0 Å². The van der Waals surface area contributed by atoms with Crippen LogP contribution in [0.2, 0.25) is 0 Å². The lowest BCUT2D eigenvalue weighted by molar-refractivity contribution is -0.117. The number of halogens is 2. The molecule has 1 aromatic rings. The highest BCUT2D eigenvalue weighted by Gasteiger charge is 2.28. The molecule has 84 valence electrons. The van der Waals surface area contributed by atoms with E-state index in [2.05, 4.69) is 22.5 Å². The molecule has 0 N–H and O–H groups in total. The highest BCUT2D eigenvalue weighted by molar-refractivity contribution is 9.10. The smallest absolute Gasteiger partial charge is 0.227 e. The van der Waals surface area contributed by atoms with E-state index in [1.165, 1.54) is 12.1 Å². The minimum absolute atomic E-state index is 0.0161. The predicted molar refractivity (Wildman–Crippen MR) is 64.8 cm³/mol. The Hall–Kier alpha value is -1.16. The van der Waals surface area contributed by atoms with Crippen LogP contribution in [0.15, 0.2) is 35.3 Å². The summed E-state index contributed by atoms with van der Waals surface area (Å²) in [5.74, 6) is -0.170. The molecule has 0 aromatic heterocycles. The van der Waals surface area contributed by atoms with E-state index in [4.69, 9.17) is 0 Å². The molecule has 1 aromatic carbocycles. The zero-order valence-electron chi connectivity index (χ0n) is 8.62. The first kappa shape index (κ1) is 11.3. The van der Waals surface area contributed by atoms with Crippen LogP contribution in [0.25, 0.3) is 0 Å². The third-order valence-corrected chi connectivity index (χ3v) is 3.11. The second kappa shape index (κ2) is 4.37. The molecule has 1 atom stereocenters. The van der Waals surface area contributed by atoms with Crippen LogP contribution in [0.3, 0.4) is 0 Å². The van der Waals surface area contributed by atoms with Crippen LogP contribution in [-0.2, 0) is 4.79 Å². The lowest BCUT2D eigenvalue weighted by atomic mass is 10.1. The van der Waals surface area contributed by atoms with Crippen molar-refractivity contribution in [3.05, 3.63) is 41.1 Å². The van der Waals surface area contributed by atoms with E-state index in [1.807, 2.05) is 0 Å². The van der Waals surface area contributed by atoms with Gasteiger partial charge in [-0.1, -0.05) is 22.0 Å². The SMILES string of the molecule is C=CC1CC(=O)N(c2cc(F)cc(Br)c2)C1. The zero-order valence-corrected chi connectivity index (χ0v) is 10.2. The fourth-order valence-corrected chi connectivity index (χ4v) is 2.29. The number of anilines is 1. The standard InChI is InChI=1S/C12H11BrFNO/c1-2-8-3-12(16)15(7-8)11-5-9(13)4-10(14)6-11/h2,4-6,8H,1,3,7H2. The molecule has 1 heterocycles. The van der Waals surface area contributed by atoms with Crippen LogP contribution in [0.5, 0.6) is 0 Å². The molecule has 1 saturated heterocycles. The Bertz CT molecular complexity index is 426. The van der Waals surface area contributed by atoms with E-state index < -0.39 is 0 Å². The van der Waals surface area contributed by atoms with Gasteiger partial charge in [0.15, 0.2) is 0 Å². The maximum atomic E-state index is 13.2. The Labute approximate surface area is 102 Å². The lowest BCUT2D eigenvalue weighted by Crippen LogP contribution is -2.24. The maximum Gasteiger partial charge on any atom is 0.227 e. The number of carbonyl (C=O) groups is 1. The molecule has 0 radical (unpaired) electrons. The molecule has 0 saturated carbocycles. The number of carbonyl (C=O) groups excluding carboxylic acids is 1. The summed E-state index contributed by atoms with van der Waals surface area (Å²) >= 11 is 3.21. The molecule has 1 fully saturated rings.